The Kier molecular flexibility index (Phi) is 4.77. The van der Waals surface area contributed by atoms with Gasteiger partial charge in [0.2, 0.25) is 0 Å². The highest BCUT2D eigenvalue weighted by Gasteiger charge is 2.11. The molecular weight excluding hydrogens is 252 g/mol. The quantitative estimate of drug-likeness (QED) is 0.747. The number of methoxy groups -OCH3 is 1. The van der Waals surface area contributed by atoms with Crippen LogP contribution in [-0.2, 0) is 6.61 Å². The maximum Gasteiger partial charge on any atom is 0.166 e. The number of benzene rings is 2. The third-order valence-corrected chi connectivity index (χ3v) is 3.04. The summed E-state index contributed by atoms with van der Waals surface area (Å²) in [5.41, 5.74) is 1.70. The minimum atomic E-state index is 0.0662. The van der Waals surface area contributed by atoms with Crippen LogP contribution in [0.1, 0.15) is 29.3 Å². The first-order chi connectivity index (χ1) is 9.74. The van der Waals surface area contributed by atoms with Crippen molar-refractivity contribution in [1.29, 1.82) is 0 Å². The van der Waals surface area contributed by atoms with E-state index in [9.17, 15) is 4.79 Å². The standard InChI is InChI=1S/C17H18O3/c1-3-16(18)15-10-9-14(11-17(15)19-2)20-12-13-7-5-4-6-8-13/h4-11H,3,12H2,1-2H3. The van der Waals surface area contributed by atoms with Crippen LogP contribution in [0, 0.1) is 0 Å². The molecule has 3 heteroatoms. The van der Waals surface area contributed by atoms with Gasteiger partial charge in [-0.15, -0.1) is 0 Å². The maximum absolute atomic E-state index is 11.8. The van der Waals surface area contributed by atoms with Crippen LogP contribution >= 0.6 is 0 Å². The molecule has 3 nitrogen and oxygen atoms in total. The van der Waals surface area contributed by atoms with Crippen LogP contribution < -0.4 is 9.47 Å². The summed E-state index contributed by atoms with van der Waals surface area (Å²) in [5.74, 6) is 1.32. The lowest BCUT2D eigenvalue weighted by Crippen LogP contribution is -2.02. The molecule has 0 aliphatic carbocycles. The molecule has 2 rings (SSSR count). The van der Waals surface area contributed by atoms with Gasteiger partial charge in [-0.25, -0.2) is 0 Å². The molecule has 0 aliphatic heterocycles. The zero-order chi connectivity index (χ0) is 14.4. The Balaban J connectivity index is 2.12. The van der Waals surface area contributed by atoms with Gasteiger partial charge in [0.05, 0.1) is 12.7 Å². The lowest BCUT2D eigenvalue weighted by atomic mass is 10.1. The molecule has 0 saturated heterocycles. The average molecular weight is 270 g/mol. The molecule has 2 aromatic carbocycles. The highest BCUT2D eigenvalue weighted by Crippen LogP contribution is 2.26. The molecule has 104 valence electrons. The fraction of sp³-hybridized carbons (Fsp3) is 0.235. The summed E-state index contributed by atoms with van der Waals surface area (Å²) in [6.07, 6.45) is 0.459. The maximum atomic E-state index is 11.8. The van der Waals surface area contributed by atoms with E-state index in [1.807, 2.05) is 37.3 Å². The van der Waals surface area contributed by atoms with Crippen molar-refractivity contribution >= 4 is 5.78 Å². The van der Waals surface area contributed by atoms with Crippen LogP contribution in [0.2, 0.25) is 0 Å². The van der Waals surface area contributed by atoms with Crippen LogP contribution in [0.4, 0.5) is 0 Å². The summed E-state index contributed by atoms with van der Waals surface area (Å²) in [6.45, 7) is 2.33. The van der Waals surface area contributed by atoms with E-state index in [2.05, 4.69) is 0 Å². The molecule has 0 unspecified atom stereocenters. The second kappa shape index (κ2) is 6.75. The second-order valence-electron chi connectivity index (χ2n) is 4.41. The van der Waals surface area contributed by atoms with E-state index in [1.165, 1.54) is 0 Å². The summed E-state index contributed by atoms with van der Waals surface area (Å²) in [4.78, 5) is 11.8. The molecule has 0 saturated carbocycles. The number of ether oxygens (including phenoxy) is 2. The molecule has 0 fully saturated rings. The normalized spacial score (nSPS) is 10.1. The Labute approximate surface area is 119 Å². The predicted molar refractivity (Wildman–Crippen MR) is 78.4 cm³/mol. The van der Waals surface area contributed by atoms with Gasteiger partial charge in [0.25, 0.3) is 0 Å². The average Bonchev–Trinajstić information content (AvgIpc) is 2.52. The van der Waals surface area contributed by atoms with Gasteiger partial charge in [0, 0.05) is 12.5 Å². The van der Waals surface area contributed by atoms with Gasteiger partial charge in [0.15, 0.2) is 5.78 Å². The van der Waals surface area contributed by atoms with Crippen LogP contribution in [0.25, 0.3) is 0 Å². The van der Waals surface area contributed by atoms with Gasteiger partial charge >= 0.3 is 0 Å². The fourth-order valence-electron chi connectivity index (χ4n) is 1.92. The minimum Gasteiger partial charge on any atom is -0.496 e. The second-order valence-corrected chi connectivity index (χ2v) is 4.41. The number of Topliss-reactive ketones (excluding diaryl/α,β-unsaturated/α-hetero) is 1. The van der Waals surface area contributed by atoms with Crippen molar-refractivity contribution in [2.24, 2.45) is 0 Å². The van der Waals surface area contributed by atoms with Crippen molar-refractivity contribution < 1.29 is 14.3 Å². The van der Waals surface area contributed by atoms with E-state index in [0.29, 0.717) is 30.1 Å². The van der Waals surface area contributed by atoms with Crippen LogP contribution in [0.3, 0.4) is 0 Å². The molecule has 0 N–H and O–H groups in total. The summed E-state index contributed by atoms with van der Waals surface area (Å²) in [5, 5.41) is 0. The zero-order valence-corrected chi connectivity index (χ0v) is 11.8. The van der Waals surface area contributed by atoms with Gasteiger partial charge in [-0.05, 0) is 17.7 Å². The summed E-state index contributed by atoms with van der Waals surface area (Å²) < 4.78 is 11.0. The summed E-state index contributed by atoms with van der Waals surface area (Å²) in [6, 6.07) is 15.2. The van der Waals surface area contributed by atoms with Gasteiger partial charge in [-0.3, -0.25) is 4.79 Å². The molecule has 0 spiro atoms. The number of carbonyl (C=O) groups excluding carboxylic acids is 1. The fourth-order valence-corrected chi connectivity index (χ4v) is 1.92. The molecule has 0 amide bonds. The summed E-state index contributed by atoms with van der Waals surface area (Å²) in [7, 11) is 1.56. The molecule has 0 heterocycles. The molecule has 0 aromatic heterocycles. The van der Waals surface area contributed by atoms with Crippen molar-refractivity contribution in [3.8, 4) is 11.5 Å². The van der Waals surface area contributed by atoms with E-state index in [0.717, 1.165) is 5.56 Å². The van der Waals surface area contributed by atoms with Crippen molar-refractivity contribution in [3.63, 3.8) is 0 Å². The lowest BCUT2D eigenvalue weighted by molar-refractivity contribution is 0.0985. The highest BCUT2D eigenvalue weighted by atomic mass is 16.5. The number of hydrogen-bond acceptors (Lipinski definition) is 3. The molecular formula is C17H18O3. The Morgan fingerprint density at radius 1 is 1.10 bits per heavy atom. The third kappa shape index (κ3) is 3.38. The largest absolute Gasteiger partial charge is 0.496 e. The van der Waals surface area contributed by atoms with E-state index < -0.39 is 0 Å². The van der Waals surface area contributed by atoms with Crippen molar-refractivity contribution in [2.45, 2.75) is 20.0 Å². The van der Waals surface area contributed by atoms with Gasteiger partial charge in [-0.1, -0.05) is 37.3 Å². The topological polar surface area (TPSA) is 35.5 Å². The molecule has 2 aromatic rings. The van der Waals surface area contributed by atoms with Crippen LogP contribution in [0.15, 0.2) is 48.5 Å². The van der Waals surface area contributed by atoms with Crippen molar-refractivity contribution in [2.75, 3.05) is 7.11 Å². The molecule has 0 atom stereocenters. The Morgan fingerprint density at radius 3 is 2.50 bits per heavy atom. The zero-order valence-electron chi connectivity index (χ0n) is 11.8. The van der Waals surface area contributed by atoms with E-state index >= 15 is 0 Å². The van der Waals surface area contributed by atoms with Gasteiger partial charge in [0.1, 0.15) is 18.1 Å². The SMILES string of the molecule is CCC(=O)c1ccc(OCc2ccccc2)cc1OC. The van der Waals surface area contributed by atoms with Crippen LogP contribution in [-0.4, -0.2) is 12.9 Å². The Morgan fingerprint density at radius 2 is 1.85 bits per heavy atom. The first-order valence-corrected chi connectivity index (χ1v) is 6.62. The molecule has 0 radical (unpaired) electrons. The van der Waals surface area contributed by atoms with Gasteiger partial charge < -0.3 is 9.47 Å². The van der Waals surface area contributed by atoms with E-state index in [1.54, 1.807) is 25.3 Å². The first kappa shape index (κ1) is 14.1. The minimum absolute atomic E-state index is 0.0662. The molecule has 20 heavy (non-hydrogen) atoms. The first-order valence-electron chi connectivity index (χ1n) is 6.62. The third-order valence-electron chi connectivity index (χ3n) is 3.04. The van der Waals surface area contributed by atoms with E-state index in [-0.39, 0.29) is 5.78 Å². The number of carbonyl (C=O) groups is 1. The molecule has 0 bridgehead atoms. The molecule has 0 aliphatic rings. The Hall–Kier alpha value is -2.29. The van der Waals surface area contributed by atoms with Crippen LogP contribution in [0.5, 0.6) is 11.5 Å². The lowest BCUT2D eigenvalue weighted by Gasteiger charge is -2.11. The van der Waals surface area contributed by atoms with Crippen molar-refractivity contribution in [1.82, 2.24) is 0 Å². The number of ketones is 1. The number of hydrogen-bond donors (Lipinski definition) is 0. The number of rotatable bonds is 6. The van der Waals surface area contributed by atoms with E-state index in [4.69, 9.17) is 9.47 Å². The van der Waals surface area contributed by atoms with Gasteiger partial charge in [-0.2, -0.15) is 0 Å². The monoisotopic (exact) mass is 270 g/mol. The Bertz CT molecular complexity index is 576. The smallest absolute Gasteiger partial charge is 0.166 e. The summed E-state index contributed by atoms with van der Waals surface area (Å²) >= 11 is 0. The van der Waals surface area contributed by atoms with Crippen molar-refractivity contribution in [3.05, 3.63) is 59.7 Å². The predicted octanol–water partition coefficient (Wildman–Crippen LogP) is 3.87. The highest BCUT2D eigenvalue weighted by molar-refractivity contribution is 5.98.